The van der Waals surface area contributed by atoms with E-state index in [4.69, 9.17) is 15.2 Å². The summed E-state index contributed by atoms with van der Waals surface area (Å²) in [6, 6.07) is 11.0. The highest BCUT2D eigenvalue weighted by molar-refractivity contribution is 5.96. The van der Waals surface area contributed by atoms with Crippen molar-refractivity contribution >= 4 is 28.7 Å². The van der Waals surface area contributed by atoms with E-state index in [0.29, 0.717) is 30.2 Å². The third kappa shape index (κ3) is 5.19. The number of primary amides is 1. The topological polar surface area (TPSA) is 120 Å². The molecule has 0 bridgehead atoms. The lowest BCUT2D eigenvalue weighted by molar-refractivity contribution is 0.0293. The van der Waals surface area contributed by atoms with E-state index < -0.39 is 11.5 Å². The summed E-state index contributed by atoms with van der Waals surface area (Å²) in [6.45, 7) is 6.71. The SMILES string of the molecule is COc1cc(C(N)=O)cc(-c2ccc3ncnc(N[C@H]4CCN(C(=O)OC(C)(C)C)C4)c3c2)c1. The molecule has 1 aliphatic heterocycles. The van der Waals surface area contributed by atoms with Gasteiger partial charge in [-0.25, -0.2) is 14.8 Å². The summed E-state index contributed by atoms with van der Waals surface area (Å²) in [6.07, 6.45) is 1.99. The number of nitrogens with one attached hydrogen (secondary N) is 1. The molecule has 9 nitrogen and oxygen atoms in total. The number of methoxy groups -OCH3 is 1. The largest absolute Gasteiger partial charge is 0.497 e. The molecule has 4 rings (SSSR count). The van der Waals surface area contributed by atoms with Crippen molar-refractivity contribution in [1.82, 2.24) is 14.9 Å². The van der Waals surface area contributed by atoms with E-state index >= 15 is 0 Å². The lowest BCUT2D eigenvalue weighted by Gasteiger charge is -2.24. The van der Waals surface area contributed by atoms with E-state index in [0.717, 1.165) is 28.5 Å². The van der Waals surface area contributed by atoms with Gasteiger partial charge in [-0.3, -0.25) is 4.79 Å². The Hall–Kier alpha value is -3.88. The summed E-state index contributed by atoms with van der Waals surface area (Å²) < 4.78 is 10.8. The third-order valence-corrected chi connectivity index (χ3v) is 5.58. The van der Waals surface area contributed by atoms with Gasteiger partial charge in [0, 0.05) is 30.1 Å². The normalized spacial score (nSPS) is 15.9. The average Bonchev–Trinajstić information content (AvgIpc) is 3.26. The molecule has 1 atom stereocenters. The highest BCUT2D eigenvalue weighted by atomic mass is 16.6. The van der Waals surface area contributed by atoms with Gasteiger partial charge in [0.05, 0.1) is 12.6 Å². The lowest BCUT2D eigenvalue weighted by atomic mass is 10.0. The Kier molecular flexibility index (Phi) is 6.28. The number of benzene rings is 2. The number of amides is 2. The second kappa shape index (κ2) is 9.17. The molecule has 2 amide bonds. The lowest BCUT2D eigenvalue weighted by Crippen LogP contribution is -2.36. The molecule has 0 aliphatic carbocycles. The molecule has 0 spiro atoms. The fraction of sp³-hybridized carbons (Fsp3) is 0.360. The third-order valence-electron chi connectivity index (χ3n) is 5.58. The average molecular weight is 464 g/mol. The van der Waals surface area contributed by atoms with Crippen molar-refractivity contribution in [2.75, 3.05) is 25.5 Å². The molecule has 178 valence electrons. The fourth-order valence-corrected chi connectivity index (χ4v) is 3.94. The minimum absolute atomic E-state index is 0.0348. The predicted octanol–water partition coefficient (Wildman–Crippen LogP) is 3.83. The smallest absolute Gasteiger partial charge is 0.410 e. The van der Waals surface area contributed by atoms with Crippen molar-refractivity contribution < 1.29 is 19.1 Å². The number of likely N-dealkylation sites (tertiary alicyclic amines) is 1. The number of carbonyl (C=O) groups is 2. The van der Waals surface area contributed by atoms with Crippen molar-refractivity contribution in [2.45, 2.75) is 38.8 Å². The molecule has 2 heterocycles. The molecule has 1 aromatic heterocycles. The maximum atomic E-state index is 12.4. The van der Waals surface area contributed by atoms with Crippen molar-refractivity contribution in [1.29, 1.82) is 0 Å². The van der Waals surface area contributed by atoms with Crippen LogP contribution >= 0.6 is 0 Å². The van der Waals surface area contributed by atoms with Crippen LogP contribution in [0.15, 0.2) is 42.7 Å². The van der Waals surface area contributed by atoms with Gasteiger partial charge < -0.3 is 25.4 Å². The predicted molar refractivity (Wildman–Crippen MR) is 130 cm³/mol. The van der Waals surface area contributed by atoms with E-state index in [1.54, 1.807) is 24.1 Å². The number of fused-ring (bicyclic) bond motifs is 1. The Morgan fingerprint density at radius 3 is 2.62 bits per heavy atom. The zero-order chi connectivity index (χ0) is 24.5. The van der Waals surface area contributed by atoms with Crippen LogP contribution in [0, 0.1) is 0 Å². The van der Waals surface area contributed by atoms with E-state index in [-0.39, 0.29) is 12.1 Å². The van der Waals surface area contributed by atoms with Crippen LogP contribution in [-0.4, -0.2) is 58.7 Å². The molecule has 3 N–H and O–H groups in total. The van der Waals surface area contributed by atoms with Crippen LogP contribution in [0.3, 0.4) is 0 Å². The summed E-state index contributed by atoms with van der Waals surface area (Å²) in [5.74, 6) is 0.700. The number of nitrogens with zero attached hydrogens (tertiary/aromatic N) is 3. The number of carbonyl (C=O) groups excluding carboxylic acids is 2. The molecule has 0 radical (unpaired) electrons. The van der Waals surface area contributed by atoms with Crippen LogP contribution in [-0.2, 0) is 4.74 Å². The van der Waals surface area contributed by atoms with Crippen molar-refractivity contribution in [3.8, 4) is 16.9 Å². The second-order valence-corrected chi connectivity index (χ2v) is 9.32. The Balaban J connectivity index is 1.60. The first-order valence-corrected chi connectivity index (χ1v) is 11.1. The van der Waals surface area contributed by atoms with Gasteiger partial charge in [-0.15, -0.1) is 0 Å². The van der Waals surface area contributed by atoms with Crippen LogP contribution in [0.1, 0.15) is 37.6 Å². The van der Waals surface area contributed by atoms with Crippen LogP contribution < -0.4 is 15.8 Å². The molecule has 9 heteroatoms. The maximum Gasteiger partial charge on any atom is 0.410 e. The van der Waals surface area contributed by atoms with Gasteiger partial charge in [-0.2, -0.15) is 0 Å². The Morgan fingerprint density at radius 2 is 1.91 bits per heavy atom. The quantitative estimate of drug-likeness (QED) is 0.590. The van der Waals surface area contributed by atoms with Crippen LogP contribution in [0.2, 0.25) is 0 Å². The Labute approximate surface area is 198 Å². The number of anilines is 1. The van der Waals surface area contributed by atoms with Gasteiger partial charge in [0.2, 0.25) is 5.91 Å². The molecule has 1 aliphatic rings. The van der Waals surface area contributed by atoms with Gasteiger partial charge in [0.25, 0.3) is 0 Å². The summed E-state index contributed by atoms with van der Waals surface area (Å²) in [4.78, 5) is 34.7. The zero-order valence-corrected chi connectivity index (χ0v) is 19.8. The molecular weight excluding hydrogens is 434 g/mol. The first kappa shape index (κ1) is 23.3. The minimum atomic E-state index is -0.531. The molecule has 1 saturated heterocycles. The number of rotatable bonds is 5. The van der Waals surface area contributed by atoms with Gasteiger partial charge in [-0.1, -0.05) is 6.07 Å². The highest BCUT2D eigenvalue weighted by Gasteiger charge is 2.30. The number of nitrogens with two attached hydrogens (primary N) is 1. The van der Waals surface area contributed by atoms with Gasteiger partial charge in [0.1, 0.15) is 23.5 Å². The van der Waals surface area contributed by atoms with E-state index in [1.165, 1.54) is 6.33 Å². The summed E-state index contributed by atoms with van der Waals surface area (Å²) in [7, 11) is 1.54. The van der Waals surface area contributed by atoms with E-state index in [9.17, 15) is 9.59 Å². The van der Waals surface area contributed by atoms with Crippen molar-refractivity contribution in [3.63, 3.8) is 0 Å². The molecule has 2 aromatic carbocycles. The summed E-state index contributed by atoms with van der Waals surface area (Å²) in [5.41, 5.74) is 7.77. The van der Waals surface area contributed by atoms with E-state index in [1.807, 2.05) is 45.0 Å². The number of hydrogen-bond acceptors (Lipinski definition) is 7. The number of aromatic nitrogens is 2. The molecule has 3 aromatic rings. The monoisotopic (exact) mass is 463 g/mol. The highest BCUT2D eigenvalue weighted by Crippen LogP contribution is 2.31. The maximum absolute atomic E-state index is 12.4. The number of hydrogen-bond donors (Lipinski definition) is 2. The van der Waals surface area contributed by atoms with Gasteiger partial charge in [0.15, 0.2) is 0 Å². The van der Waals surface area contributed by atoms with E-state index in [2.05, 4.69) is 15.3 Å². The molecule has 1 fully saturated rings. The fourth-order valence-electron chi connectivity index (χ4n) is 3.94. The van der Waals surface area contributed by atoms with Crippen molar-refractivity contribution in [2.24, 2.45) is 5.73 Å². The number of ether oxygens (including phenoxy) is 2. The summed E-state index contributed by atoms with van der Waals surface area (Å²) in [5, 5.41) is 4.30. The summed E-state index contributed by atoms with van der Waals surface area (Å²) >= 11 is 0. The van der Waals surface area contributed by atoms with Gasteiger partial charge in [-0.05, 0) is 68.7 Å². The van der Waals surface area contributed by atoms with Crippen LogP contribution in [0.4, 0.5) is 10.6 Å². The molecule has 0 unspecified atom stereocenters. The standard InChI is InChI=1S/C25H29N5O4/c1-25(2,3)34-24(32)30-8-7-18(13-30)29-23-20-12-15(5-6-21(20)27-14-28-23)16-9-17(22(26)31)11-19(10-16)33-4/h5-6,9-12,14,18H,7-8,13H2,1-4H3,(H2,26,31)(H,27,28,29)/t18-/m0/s1. The molecule has 34 heavy (non-hydrogen) atoms. The van der Waals surface area contributed by atoms with Gasteiger partial charge >= 0.3 is 6.09 Å². The molecule has 0 saturated carbocycles. The Morgan fingerprint density at radius 1 is 1.12 bits per heavy atom. The van der Waals surface area contributed by atoms with Crippen molar-refractivity contribution in [3.05, 3.63) is 48.3 Å². The minimum Gasteiger partial charge on any atom is -0.497 e. The first-order chi connectivity index (χ1) is 16.1. The Bertz CT molecular complexity index is 1240. The van der Waals surface area contributed by atoms with Crippen LogP contribution in [0.5, 0.6) is 5.75 Å². The second-order valence-electron chi connectivity index (χ2n) is 9.32. The first-order valence-electron chi connectivity index (χ1n) is 11.1. The van der Waals surface area contributed by atoms with Crippen LogP contribution in [0.25, 0.3) is 22.0 Å². The molecular formula is C25H29N5O4. The zero-order valence-electron chi connectivity index (χ0n) is 19.8.